The topological polar surface area (TPSA) is 56.5 Å². The van der Waals surface area contributed by atoms with Crippen LogP contribution in [0.5, 0.6) is 5.75 Å². The summed E-state index contributed by atoms with van der Waals surface area (Å²) in [7, 11) is 0. The third kappa shape index (κ3) is 4.39. The number of aryl methyl sites for hydroxylation is 1. The molecule has 0 saturated heterocycles. The number of fused-ring (bicyclic) bond motifs is 1. The van der Waals surface area contributed by atoms with Gasteiger partial charge >= 0.3 is 0 Å². The van der Waals surface area contributed by atoms with Crippen molar-refractivity contribution in [2.45, 2.75) is 26.7 Å². The molecule has 0 aliphatic rings. The minimum atomic E-state index is -0.196. The van der Waals surface area contributed by atoms with E-state index in [4.69, 9.17) is 16.3 Å². The van der Waals surface area contributed by atoms with E-state index >= 15 is 0 Å². The summed E-state index contributed by atoms with van der Waals surface area (Å²) in [5.74, 6) is 1.25. The van der Waals surface area contributed by atoms with Gasteiger partial charge < -0.3 is 4.74 Å². The molecule has 0 spiro atoms. The SMILES string of the molecule is CCCc1nc2ccc(Br)cc2c(=O)n1N=Cc1ccc(OCC)c(Cl)c1. The molecule has 2 aromatic carbocycles. The highest BCUT2D eigenvalue weighted by molar-refractivity contribution is 9.10. The number of halogens is 2. The first kappa shape index (κ1) is 19.6. The second-order valence-corrected chi connectivity index (χ2v) is 7.25. The number of hydrogen-bond donors (Lipinski definition) is 0. The summed E-state index contributed by atoms with van der Waals surface area (Å²) >= 11 is 9.63. The summed E-state index contributed by atoms with van der Waals surface area (Å²) in [6.45, 7) is 4.48. The molecule has 140 valence electrons. The summed E-state index contributed by atoms with van der Waals surface area (Å²) in [4.78, 5) is 17.6. The Morgan fingerprint density at radius 2 is 2.07 bits per heavy atom. The van der Waals surface area contributed by atoms with Crippen LogP contribution in [0.4, 0.5) is 0 Å². The van der Waals surface area contributed by atoms with Crippen LogP contribution in [0.2, 0.25) is 5.02 Å². The molecule has 0 radical (unpaired) electrons. The monoisotopic (exact) mass is 447 g/mol. The average molecular weight is 449 g/mol. The summed E-state index contributed by atoms with van der Waals surface area (Å²) in [6, 6.07) is 10.9. The van der Waals surface area contributed by atoms with Crippen molar-refractivity contribution in [1.29, 1.82) is 0 Å². The largest absolute Gasteiger partial charge is 0.492 e. The van der Waals surface area contributed by atoms with Gasteiger partial charge in [-0.2, -0.15) is 9.78 Å². The maximum Gasteiger partial charge on any atom is 0.282 e. The van der Waals surface area contributed by atoms with E-state index in [2.05, 4.69) is 26.0 Å². The predicted molar refractivity (Wildman–Crippen MR) is 113 cm³/mol. The molecule has 0 aliphatic heterocycles. The number of hydrogen-bond acceptors (Lipinski definition) is 4. The zero-order valence-corrected chi connectivity index (χ0v) is 17.4. The summed E-state index contributed by atoms with van der Waals surface area (Å²) < 4.78 is 7.63. The summed E-state index contributed by atoms with van der Waals surface area (Å²) in [5, 5.41) is 5.41. The Bertz CT molecular complexity index is 1060. The van der Waals surface area contributed by atoms with Crippen LogP contribution < -0.4 is 10.3 Å². The van der Waals surface area contributed by atoms with Crippen LogP contribution >= 0.6 is 27.5 Å². The molecule has 0 aliphatic carbocycles. The van der Waals surface area contributed by atoms with Crippen LogP contribution in [0.3, 0.4) is 0 Å². The van der Waals surface area contributed by atoms with Crippen LogP contribution in [0, 0.1) is 0 Å². The van der Waals surface area contributed by atoms with Gasteiger partial charge in [0.05, 0.1) is 28.7 Å². The number of aromatic nitrogens is 2. The van der Waals surface area contributed by atoms with E-state index in [1.54, 1.807) is 24.4 Å². The zero-order chi connectivity index (χ0) is 19.4. The minimum absolute atomic E-state index is 0.196. The number of benzene rings is 2. The molecule has 0 N–H and O–H groups in total. The molecule has 0 bridgehead atoms. The van der Waals surface area contributed by atoms with Crippen LogP contribution in [-0.4, -0.2) is 22.5 Å². The van der Waals surface area contributed by atoms with E-state index in [1.165, 1.54) is 4.68 Å². The number of nitrogens with zero attached hydrogens (tertiary/aromatic N) is 3. The number of rotatable bonds is 6. The Kier molecular flexibility index (Phi) is 6.29. The van der Waals surface area contributed by atoms with Crippen molar-refractivity contribution in [1.82, 2.24) is 9.66 Å². The maximum absolute atomic E-state index is 12.9. The van der Waals surface area contributed by atoms with Crippen molar-refractivity contribution in [2.24, 2.45) is 5.10 Å². The van der Waals surface area contributed by atoms with Gasteiger partial charge in [0.2, 0.25) is 0 Å². The molecular formula is C20H19BrClN3O2. The highest BCUT2D eigenvalue weighted by Crippen LogP contribution is 2.25. The minimum Gasteiger partial charge on any atom is -0.492 e. The highest BCUT2D eigenvalue weighted by atomic mass is 79.9. The lowest BCUT2D eigenvalue weighted by Crippen LogP contribution is -2.22. The van der Waals surface area contributed by atoms with Crippen LogP contribution in [0.15, 0.2) is 50.8 Å². The van der Waals surface area contributed by atoms with E-state index in [9.17, 15) is 4.79 Å². The molecule has 1 heterocycles. The van der Waals surface area contributed by atoms with Gasteiger partial charge in [0.25, 0.3) is 5.56 Å². The fourth-order valence-corrected chi connectivity index (χ4v) is 3.30. The first-order chi connectivity index (χ1) is 13.0. The standard InChI is InChI=1S/C20H19BrClN3O2/c1-3-5-19-24-17-8-7-14(21)11-15(17)20(26)25(19)23-12-13-6-9-18(27-4-2)16(22)10-13/h6-12H,3-5H2,1-2H3. The highest BCUT2D eigenvalue weighted by Gasteiger charge is 2.10. The Morgan fingerprint density at radius 1 is 1.26 bits per heavy atom. The average Bonchev–Trinajstić information content (AvgIpc) is 2.64. The summed E-state index contributed by atoms with van der Waals surface area (Å²) in [6.07, 6.45) is 3.12. The lowest BCUT2D eigenvalue weighted by atomic mass is 10.2. The molecule has 5 nitrogen and oxygen atoms in total. The Morgan fingerprint density at radius 3 is 2.78 bits per heavy atom. The van der Waals surface area contributed by atoms with Crippen molar-refractivity contribution in [2.75, 3.05) is 6.61 Å². The third-order valence-corrected chi connectivity index (χ3v) is 4.72. The molecule has 0 amide bonds. The lowest BCUT2D eigenvalue weighted by Gasteiger charge is -2.09. The predicted octanol–water partition coefficient (Wildman–Crippen LogP) is 5.05. The molecule has 0 unspecified atom stereocenters. The maximum atomic E-state index is 12.9. The fourth-order valence-electron chi connectivity index (χ4n) is 2.69. The molecule has 3 rings (SSSR count). The molecule has 7 heteroatoms. The normalized spacial score (nSPS) is 11.4. The molecule has 3 aromatic rings. The first-order valence-corrected chi connectivity index (χ1v) is 9.88. The molecule has 0 saturated carbocycles. The zero-order valence-electron chi connectivity index (χ0n) is 15.1. The number of ether oxygens (including phenoxy) is 1. The van der Waals surface area contributed by atoms with Crippen molar-refractivity contribution in [3.05, 3.63) is 67.6 Å². The van der Waals surface area contributed by atoms with Crippen LogP contribution in [0.1, 0.15) is 31.7 Å². The van der Waals surface area contributed by atoms with Gasteiger partial charge in [0.1, 0.15) is 11.6 Å². The van der Waals surface area contributed by atoms with Crippen molar-refractivity contribution >= 4 is 44.6 Å². The van der Waals surface area contributed by atoms with Gasteiger partial charge in [-0.25, -0.2) is 4.98 Å². The van der Waals surface area contributed by atoms with Crippen molar-refractivity contribution in [3.63, 3.8) is 0 Å². The van der Waals surface area contributed by atoms with E-state index in [1.807, 2.05) is 32.0 Å². The fraction of sp³-hybridized carbons (Fsp3) is 0.250. The van der Waals surface area contributed by atoms with Crippen molar-refractivity contribution < 1.29 is 4.74 Å². The van der Waals surface area contributed by atoms with Gasteiger partial charge in [-0.1, -0.05) is 34.5 Å². The second-order valence-electron chi connectivity index (χ2n) is 5.92. The molecule has 27 heavy (non-hydrogen) atoms. The third-order valence-electron chi connectivity index (χ3n) is 3.93. The lowest BCUT2D eigenvalue weighted by molar-refractivity contribution is 0.340. The van der Waals surface area contributed by atoms with E-state index in [0.717, 1.165) is 16.5 Å². The Hall–Kier alpha value is -2.18. The van der Waals surface area contributed by atoms with Gasteiger partial charge in [-0.05, 0) is 55.3 Å². The second kappa shape index (κ2) is 8.67. The van der Waals surface area contributed by atoms with E-state index in [0.29, 0.717) is 40.5 Å². The smallest absolute Gasteiger partial charge is 0.282 e. The molecule has 0 fully saturated rings. The Balaban J connectivity index is 2.06. The van der Waals surface area contributed by atoms with Crippen molar-refractivity contribution in [3.8, 4) is 5.75 Å². The van der Waals surface area contributed by atoms with Crippen LogP contribution in [0.25, 0.3) is 10.9 Å². The molecule has 0 atom stereocenters. The van der Waals surface area contributed by atoms with Crippen LogP contribution in [-0.2, 0) is 6.42 Å². The quantitative estimate of drug-likeness (QED) is 0.496. The molecule has 1 aromatic heterocycles. The van der Waals surface area contributed by atoms with E-state index in [-0.39, 0.29) is 5.56 Å². The molecular weight excluding hydrogens is 430 g/mol. The first-order valence-electron chi connectivity index (χ1n) is 8.71. The van der Waals surface area contributed by atoms with Gasteiger partial charge in [0.15, 0.2) is 0 Å². The van der Waals surface area contributed by atoms with Gasteiger partial charge in [-0.3, -0.25) is 4.79 Å². The van der Waals surface area contributed by atoms with E-state index < -0.39 is 0 Å². The Labute approximate surface area is 170 Å². The van der Waals surface area contributed by atoms with Gasteiger partial charge in [0, 0.05) is 10.9 Å². The summed E-state index contributed by atoms with van der Waals surface area (Å²) in [5.41, 5.74) is 1.24. The van der Waals surface area contributed by atoms with Gasteiger partial charge in [-0.15, -0.1) is 0 Å².